The molecule has 44 heavy (non-hydrogen) atoms. The van der Waals surface area contributed by atoms with Crippen LogP contribution in [0.2, 0.25) is 0 Å². The number of primary amides is 1. The van der Waals surface area contributed by atoms with E-state index in [-0.39, 0.29) is 30.9 Å². The van der Waals surface area contributed by atoms with Crippen molar-refractivity contribution in [1.82, 2.24) is 15.5 Å². The van der Waals surface area contributed by atoms with E-state index in [0.717, 1.165) is 34.5 Å². The standard InChI is InChI=1S/C31H37N4O7PS/c32-29(38)25(19-22-13-14-23-10-4-5-11-24(23)18-22)33-30(39)26-12-6-7-16-35(26)28(37)15-17-44-31(43(40,41)42)34-27(36)20-21-8-2-1-3-9-21/h1-5,8-11,13-14,18,25-26,31H,6-7,12,15-17,19-20H2,(H2,32,38)(H,33,39)(H,34,36)(H2,40,41,42). The van der Waals surface area contributed by atoms with Crippen LogP contribution < -0.4 is 16.4 Å². The summed E-state index contributed by atoms with van der Waals surface area (Å²) in [4.78, 5) is 72.3. The average Bonchev–Trinajstić information content (AvgIpc) is 3.00. The van der Waals surface area contributed by atoms with Gasteiger partial charge in [-0.25, -0.2) is 0 Å². The van der Waals surface area contributed by atoms with Crippen LogP contribution in [0.3, 0.4) is 0 Å². The minimum atomic E-state index is -4.72. The Labute approximate surface area is 260 Å². The molecule has 3 aromatic carbocycles. The maximum atomic E-state index is 13.3. The highest BCUT2D eigenvalue weighted by Gasteiger charge is 2.35. The SMILES string of the molecule is NC(=O)C(Cc1ccc2ccccc2c1)NC(=O)C1CCCCN1C(=O)CCSC(NC(=O)Cc1ccccc1)P(=O)(O)O. The Morgan fingerprint density at radius 1 is 0.932 bits per heavy atom. The smallest absolute Gasteiger partial charge is 0.357 e. The van der Waals surface area contributed by atoms with E-state index in [1.165, 1.54) is 4.90 Å². The number of thioether (sulfide) groups is 1. The molecule has 0 aliphatic carbocycles. The fourth-order valence-corrected chi connectivity index (χ4v) is 7.32. The molecule has 0 bridgehead atoms. The Balaban J connectivity index is 1.34. The molecule has 3 atom stereocenters. The highest BCUT2D eigenvalue weighted by atomic mass is 32.2. The van der Waals surface area contributed by atoms with Gasteiger partial charge in [0.25, 0.3) is 0 Å². The summed E-state index contributed by atoms with van der Waals surface area (Å²) in [5, 5.41) is 5.65. The number of nitrogens with two attached hydrogens (primary N) is 1. The molecular formula is C31H37N4O7PS. The zero-order chi connectivity index (χ0) is 31.7. The van der Waals surface area contributed by atoms with E-state index in [1.807, 2.05) is 42.5 Å². The van der Waals surface area contributed by atoms with Crippen LogP contribution in [0.5, 0.6) is 0 Å². The third-order valence-corrected chi connectivity index (χ3v) is 10.3. The topological polar surface area (TPSA) is 179 Å². The molecule has 0 radical (unpaired) electrons. The third-order valence-electron chi connectivity index (χ3n) is 7.43. The van der Waals surface area contributed by atoms with Gasteiger partial charge in [-0.3, -0.25) is 23.7 Å². The van der Waals surface area contributed by atoms with Crippen LogP contribution in [0.1, 0.15) is 36.8 Å². The minimum absolute atomic E-state index is 0.0109. The first-order valence-electron chi connectivity index (χ1n) is 14.4. The van der Waals surface area contributed by atoms with Crippen LogP contribution >= 0.6 is 19.4 Å². The molecule has 6 N–H and O–H groups in total. The number of piperidine rings is 1. The van der Waals surface area contributed by atoms with E-state index in [9.17, 15) is 33.5 Å². The van der Waals surface area contributed by atoms with Crippen LogP contribution in [0.25, 0.3) is 10.8 Å². The number of carbonyl (C=O) groups excluding carboxylic acids is 4. The van der Waals surface area contributed by atoms with Gasteiger partial charge in [-0.15, -0.1) is 11.8 Å². The van der Waals surface area contributed by atoms with Crippen LogP contribution in [0.4, 0.5) is 0 Å². The molecule has 0 saturated carbocycles. The summed E-state index contributed by atoms with van der Waals surface area (Å²) in [6.07, 6.45) is 1.87. The summed E-state index contributed by atoms with van der Waals surface area (Å²) in [5.74, 6) is -2.06. The minimum Gasteiger partial charge on any atom is -0.368 e. The van der Waals surface area contributed by atoms with E-state index in [0.29, 0.717) is 24.9 Å². The molecule has 13 heteroatoms. The van der Waals surface area contributed by atoms with Crippen molar-refractivity contribution in [2.24, 2.45) is 5.73 Å². The van der Waals surface area contributed by atoms with Crippen molar-refractivity contribution < 1.29 is 33.5 Å². The number of nitrogens with zero attached hydrogens (tertiary/aromatic N) is 1. The molecule has 3 aromatic rings. The Morgan fingerprint density at radius 3 is 2.34 bits per heavy atom. The molecule has 1 aliphatic rings. The van der Waals surface area contributed by atoms with Gasteiger partial charge in [0.1, 0.15) is 12.1 Å². The highest BCUT2D eigenvalue weighted by molar-refractivity contribution is 8.05. The molecule has 0 aromatic heterocycles. The van der Waals surface area contributed by atoms with Crippen molar-refractivity contribution in [1.29, 1.82) is 0 Å². The second-order valence-corrected chi connectivity index (χ2v) is 14.0. The largest absolute Gasteiger partial charge is 0.368 e. The second-order valence-electron chi connectivity index (χ2n) is 10.7. The first-order valence-corrected chi connectivity index (χ1v) is 17.1. The van der Waals surface area contributed by atoms with Crippen molar-refractivity contribution in [3.05, 3.63) is 83.9 Å². The number of rotatable bonds is 13. The highest BCUT2D eigenvalue weighted by Crippen LogP contribution is 2.45. The molecule has 234 valence electrons. The normalized spacial score (nSPS) is 16.6. The molecule has 1 aliphatic heterocycles. The van der Waals surface area contributed by atoms with E-state index in [2.05, 4.69) is 10.6 Å². The van der Waals surface area contributed by atoms with E-state index >= 15 is 0 Å². The molecule has 4 rings (SSSR count). The van der Waals surface area contributed by atoms with Crippen molar-refractivity contribution in [3.8, 4) is 0 Å². The predicted octanol–water partition coefficient (Wildman–Crippen LogP) is 2.68. The first-order chi connectivity index (χ1) is 21.0. The van der Waals surface area contributed by atoms with E-state index < -0.39 is 42.5 Å². The number of likely N-dealkylation sites (tertiary alicyclic amines) is 1. The lowest BCUT2D eigenvalue weighted by atomic mass is 9.98. The summed E-state index contributed by atoms with van der Waals surface area (Å²) >= 11 is 0.782. The maximum Gasteiger partial charge on any atom is 0.357 e. The van der Waals surface area contributed by atoms with Gasteiger partial charge in [-0.05, 0) is 41.2 Å². The Kier molecular flexibility index (Phi) is 11.6. The molecule has 11 nitrogen and oxygen atoms in total. The Bertz CT molecular complexity index is 1530. The molecule has 4 amide bonds. The van der Waals surface area contributed by atoms with Crippen LogP contribution in [0.15, 0.2) is 72.8 Å². The number of nitrogens with one attached hydrogen (secondary N) is 2. The molecule has 1 saturated heterocycles. The lowest BCUT2D eigenvalue weighted by Crippen LogP contribution is -2.56. The lowest BCUT2D eigenvalue weighted by molar-refractivity contribution is -0.142. The zero-order valence-electron chi connectivity index (χ0n) is 24.1. The van der Waals surface area contributed by atoms with Gasteiger partial charge in [0.15, 0.2) is 5.11 Å². The van der Waals surface area contributed by atoms with Crippen LogP contribution in [-0.4, -0.2) is 67.8 Å². The third kappa shape index (κ3) is 9.40. The van der Waals surface area contributed by atoms with Gasteiger partial charge in [0, 0.05) is 25.1 Å². The van der Waals surface area contributed by atoms with Gasteiger partial charge in [0.2, 0.25) is 23.6 Å². The molecule has 0 spiro atoms. The number of benzene rings is 3. The lowest BCUT2D eigenvalue weighted by Gasteiger charge is -2.35. The van der Waals surface area contributed by atoms with Gasteiger partial charge in [-0.1, -0.05) is 72.8 Å². The van der Waals surface area contributed by atoms with Crippen molar-refractivity contribution >= 4 is 53.8 Å². The predicted molar refractivity (Wildman–Crippen MR) is 169 cm³/mol. The Hall–Kier alpha value is -3.70. The van der Waals surface area contributed by atoms with Gasteiger partial charge in [-0.2, -0.15) is 0 Å². The van der Waals surface area contributed by atoms with Crippen molar-refractivity contribution in [3.63, 3.8) is 0 Å². The summed E-state index contributed by atoms with van der Waals surface area (Å²) in [7, 11) is -4.72. The molecule has 1 heterocycles. The average molecular weight is 641 g/mol. The number of hydrogen-bond acceptors (Lipinski definition) is 6. The summed E-state index contributed by atoms with van der Waals surface area (Å²) < 4.78 is 12.1. The van der Waals surface area contributed by atoms with Crippen molar-refractivity contribution in [2.45, 2.75) is 55.7 Å². The zero-order valence-corrected chi connectivity index (χ0v) is 25.8. The maximum absolute atomic E-state index is 13.3. The molecule has 3 unspecified atom stereocenters. The first kappa shape index (κ1) is 33.2. The molecule has 1 fully saturated rings. The van der Waals surface area contributed by atoms with Gasteiger partial charge < -0.3 is 31.1 Å². The number of hydrogen-bond donors (Lipinski definition) is 5. The van der Waals surface area contributed by atoms with Gasteiger partial charge in [0.05, 0.1) is 6.42 Å². The molecular weight excluding hydrogens is 603 g/mol. The van der Waals surface area contributed by atoms with E-state index in [4.69, 9.17) is 5.73 Å². The monoisotopic (exact) mass is 640 g/mol. The van der Waals surface area contributed by atoms with Gasteiger partial charge >= 0.3 is 7.60 Å². The number of fused-ring (bicyclic) bond motifs is 1. The second kappa shape index (κ2) is 15.3. The fourth-order valence-electron chi connectivity index (χ4n) is 5.19. The van der Waals surface area contributed by atoms with Crippen LogP contribution in [-0.2, 0) is 36.6 Å². The fraction of sp³-hybridized carbons (Fsp3) is 0.355. The summed E-state index contributed by atoms with van der Waals surface area (Å²) in [6, 6.07) is 20.6. The van der Waals surface area contributed by atoms with E-state index in [1.54, 1.807) is 30.3 Å². The quantitative estimate of drug-likeness (QED) is 0.140. The summed E-state index contributed by atoms with van der Waals surface area (Å²) in [6.45, 7) is 0.337. The Morgan fingerprint density at radius 2 is 1.64 bits per heavy atom. The van der Waals surface area contributed by atoms with Crippen LogP contribution in [0, 0.1) is 0 Å². The summed E-state index contributed by atoms with van der Waals surface area (Å²) in [5.41, 5.74) is 7.17. The van der Waals surface area contributed by atoms with Crippen molar-refractivity contribution in [2.75, 3.05) is 12.3 Å². The number of carbonyl (C=O) groups is 4. The number of amides is 4.